The standard InChI is InChI=1S/C64H45N3Si/c1-6-23-47(24-7-1)66-61-35-19-18-34-56(61)57-43-49(37-40-62(57)66)65(60-36-20-22-46-21-16-17-33-55(46)60)50-38-41-63-58(44-50)59-45-54(39-42-64(59)67(63)48-25-8-2-9-26-48)68(51-27-10-3-11-28-51,52-29-12-4-13-30-52)53-31-14-5-15-32-53/h1-45H. The molecule has 0 amide bonds. The molecule has 0 unspecified atom stereocenters. The van der Waals surface area contributed by atoms with Gasteiger partial charge in [0.15, 0.2) is 8.07 Å². The number of para-hydroxylation sites is 3. The quantitative estimate of drug-likeness (QED) is 0.104. The van der Waals surface area contributed by atoms with Crippen LogP contribution in [0.2, 0.25) is 0 Å². The molecule has 0 aliphatic carbocycles. The minimum Gasteiger partial charge on any atom is -0.310 e. The van der Waals surface area contributed by atoms with Gasteiger partial charge in [0.1, 0.15) is 0 Å². The van der Waals surface area contributed by atoms with Crippen LogP contribution in [0.4, 0.5) is 17.1 Å². The summed E-state index contributed by atoms with van der Waals surface area (Å²) in [4.78, 5) is 2.47. The highest BCUT2D eigenvalue weighted by Crippen LogP contribution is 2.44. The Bertz CT molecular complexity index is 3850. The number of hydrogen-bond donors (Lipinski definition) is 0. The smallest absolute Gasteiger partial charge is 0.179 e. The Morgan fingerprint density at radius 3 is 1.21 bits per heavy atom. The van der Waals surface area contributed by atoms with Gasteiger partial charge in [0.2, 0.25) is 0 Å². The maximum Gasteiger partial charge on any atom is 0.179 e. The monoisotopic (exact) mass is 883 g/mol. The van der Waals surface area contributed by atoms with Crippen LogP contribution < -0.4 is 25.6 Å². The van der Waals surface area contributed by atoms with E-state index >= 15 is 0 Å². The zero-order chi connectivity index (χ0) is 45.0. The zero-order valence-corrected chi connectivity index (χ0v) is 38.3. The minimum absolute atomic E-state index is 1.09. The maximum atomic E-state index is 2.53. The van der Waals surface area contributed by atoms with Crippen molar-refractivity contribution >= 4 is 100 Å². The number of benzene rings is 11. The summed E-state index contributed by atoms with van der Waals surface area (Å²) in [6, 6.07) is 101. The van der Waals surface area contributed by atoms with Crippen LogP contribution in [0.1, 0.15) is 0 Å². The van der Waals surface area contributed by atoms with Gasteiger partial charge in [-0.2, -0.15) is 0 Å². The lowest BCUT2D eigenvalue weighted by molar-refractivity contribution is 1.18. The Balaban J connectivity index is 1.10. The first-order valence-corrected chi connectivity index (χ1v) is 25.4. The van der Waals surface area contributed by atoms with Gasteiger partial charge in [-0.1, -0.05) is 194 Å². The first-order chi connectivity index (χ1) is 33.8. The molecule has 320 valence electrons. The molecule has 3 nitrogen and oxygen atoms in total. The second-order valence-corrected chi connectivity index (χ2v) is 21.5. The lowest BCUT2D eigenvalue weighted by Crippen LogP contribution is -2.74. The summed E-state index contributed by atoms with van der Waals surface area (Å²) in [5, 5.41) is 12.7. The van der Waals surface area contributed by atoms with E-state index in [1.807, 2.05) is 0 Å². The van der Waals surface area contributed by atoms with Gasteiger partial charge in [0.25, 0.3) is 0 Å². The van der Waals surface area contributed by atoms with Crippen molar-refractivity contribution in [2.24, 2.45) is 0 Å². The molecule has 0 N–H and O–H groups in total. The summed E-state index contributed by atoms with van der Waals surface area (Å²) >= 11 is 0. The van der Waals surface area contributed by atoms with E-state index in [9.17, 15) is 0 Å². The number of hydrogen-bond acceptors (Lipinski definition) is 1. The van der Waals surface area contributed by atoms with Gasteiger partial charge in [0.05, 0.1) is 27.8 Å². The van der Waals surface area contributed by atoms with E-state index in [-0.39, 0.29) is 0 Å². The van der Waals surface area contributed by atoms with E-state index in [2.05, 4.69) is 287 Å². The second kappa shape index (κ2) is 16.3. The third kappa shape index (κ3) is 6.26. The highest BCUT2D eigenvalue weighted by Gasteiger charge is 2.41. The van der Waals surface area contributed by atoms with Gasteiger partial charge in [-0.15, -0.1) is 0 Å². The van der Waals surface area contributed by atoms with E-state index < -0.39 is 8.07 Å². The van der Waals surface area contributed by atoms with Crippen LogP contribution in [-0.4, -0.2) is 17.2 Å². The lowest BCUT2D eigenvalue weighted by atomic mass is 10.0. The summed E-state index contributed by atoms with van der Waals surface area (Å²) in [5.74, 6) is 0. The molecule has 0 fully saturated rings. The van der Waals surface area contributed by atoms with Crippen LogP contribution in [0, 0.1) is 0 Å². The predicted octanol–water partition coefficient (Wildman–Crippen LogP) is 13.9. The van der Waals surface area contributed by atoms with Gasteiger partial charge < -0.3 is 14.0 Å². The molecule has 68 heavy (non-hydrogen) atoms. The molecule has 13 rings (SSSR count). The van der Waals surface area contributed by atoms with Crippen molar-refractivity contribution < 1.29 is 0 Å². The summed E-state index contributed by atoms with van der Waals surface area (Å²) in [7, 11) is -2.84. The Labute approximate surface area is 396 Å². The van der Waals surface area contributed by atoms with E-state index in [0.717, 1.165) is 34.0 Å². The fourth-order valence-electron chi connectivity index (χ4n) is 11.1. The summed E-state index contributed by atoms with van der Waals surface area (Å²) in [6.45, 7) is 0. The second-order valence-electron chi connectivity index (χ2n) is 17.7. The van der Waals surface area contributed by atoms with Crippen molar-refractivity contribution in [1.29, 1.82) is 0 Å². The molecule has 4 heteroatoms. The molecule has 2 aromatic heterocycles. The predicted molar refractivity (Wildman–Crippen MR) is 291 cm³/mol. The number of aromatic nitrogens is 2. The molecule has 0 bridgehead atoms. The minimum atomic E-state index is -2.84. The Hall–Kier alpha value is -8.70. The molecule has 0 saturated heterocycles. The van der Waals surface area contributed by atoms with Crippen LogP contribution >= 0.6 is 0 Å². The lowest BCUT2D eigenvalue weighted by Gasteiger charge is -2.34. The number of nitrogens with zero attached hydrogens (tertiary/aromatic N) is 3. The van der Waals surface area contributed by atoms with Gasteiger partial charge >= 0.3 is 0 Å². The molecular formula is C64H45N3Si. The summed E-state index contributed by atoms with van der Waals surface area (Å²) in [6.07, 6.45) is 0. The number of rotatable bonds is 9. The molecule has 0 spiro atoms. The Morgan fingerprint density at radius 1 is 0.265 bits per heavy atom. The molecule has 0 aliphatic heterocycles. The first-order valence-electron chi connectivity index (χ1n) is 23.4. The van der Waals surface area contributed by atoms with Crippen molar-refractivity contribution in [2.75, 3.05) is 4.90 Å². The van der Waals surface area contributed by atoms with Crippen LogP contribution in [-0.2, 0) is 0 Å². The molecule has 2 heterocycles. The molecule has 0 radical (unpaired) electrons. The van der Waals surface area contributed by atoms with Gasteiger partial charge in [-0.25, -0.2) is 0 Å². The van der Waals surface area contributed by atoms with Crippen LogP contribution in [0.3, 0.4) is 0 Å². The van der Waals surface area contributed by atoms with Crippen molar-refractivity contribution in [3.8, 4) is 11.4 Å². The van der Waals surface area contributed by atoms with Crippen molar-refractivity contribution in [3.05, 3.63) is 273 Å². The summed E-state index contributed by atoms with van der Waals surface area (Å²) < 4.78 is 4.84. The van der Waals surface area contributed by atoms with Gasteiger partial charge in [0, 0.05) is 49.7 Å². The molecule has 0 saturated carbocycles. The number of fused-ring (bicyclic) bond motifs is 7. The van der Waals surface area contributed by atoms with Gasteiger partial charge in [-0.3, -0.25) is 0 Å². The molecule has 13 aromatic rings. The molecular weight excluding hydrogens is 839 g/mol. The number of anilines is 3. The van der Waals surface area contributed by atoms with E-state index in [0.29, 0.717) is 0 Å². The normalized spacial score (nSPS) is 11.8. The Kier molecular flexibility index (Phi) is 9.51. The third-order valence-corrected chi connectivity index (χ3v) is 18.8. The average molecular weight is 884 g/mol. The molecule has 11 aromatic carbocycles. The van der Waals surface area contributed by atoms with Gasteiger partial charge in [-0.05, 0) is 105 Å². The molecule has 0 atom stereocenters. The van der Waals surface area contributed by atoms with E-state index in [1.54, 1.807) is 0 Å². The highest BCUT2D eigenvalue weighted by atomic mass is 28.3. The SMILES string of the molecule is c1ccc(-n2c3ccccc3c3cc(N(c4ccc5c(c4)c4cc([Si](c6ccccc6)(c6ccccc6)c6ccccc6)ccc4n5-c4ccccc4)c4cccc5ccccc45)ccc32)cc1. The van der Waals surface area contributed by atoms with Crippen molar-refractivity contribution in [2.45, 2.75) is 0 Å². The highest BCUT2D eigenvalue weighted by molar-refractivity contribution is 7.20. The third-order valence-electron chi connectivity index (χ3n) is 14.0. The van der Waals surface area contributed by atoms with E-state index in [4.69, 9.17) is 0 Å². The fraction of sp³-hybridized carbons (Fsp3) is 0. The van der Waals surface area contributed by atoms with Crippen molar-refractivity contribution in [1.82, 2.24) is 9.13 Å². The topological polar surface area (TPSA) is 13.1 Å². The first kappa shape index (κ1) is 39.6. The molecule has 0 aliphatic rings. The van der Waals surface area contributed by atoms with E-state index in [1.165, 1.54) is 69.6 Å². The largest absolute Gasteiger partial charge is 0.310 e. The Morgan fingerprint density at radius 2 is 0.662 bits per heavy atom. The van der Waals surface area contributed by atoms with Crippen molar-refractivity contribution in [3.63, 3.8) is 0 Å². The fourth-order valence-corrected chi connectivity index (χ4v) is 15.9. The van der Waals surface area contributed by atoms with Crippen LogP contribution in [0.25, 0.3) is 65.8 Å². The average Bonchev–Trinajstić information content (AvgIpc) is 3.92. The zero-order valence-electron chi connectivity index (χ0n) is 37.3. The van der Waals surface area contributed by atoms with Crippen LogP contribution in [0.15, 0.2) is 273 Å². The van der Waals surface area contributed by atoms with Crippen LogP contribution in [0.5, 0.6) is 0 Å². The maximum absolute atomic E-state index is 2.84. The summed E-state index contributed by atoms with van der Waals surface area (Å²) in [5.41, 5.74) is 10.3.